The maximum atomic E-state index is 13.8. The van der Waals surface area contributed by atoms with Crippen molar-refractivity contribution in [1.82, 2.24) is 19.5 Å². The van der Waals surface area contributed by atoms with Crippen LogP contribution in [0.5, 0.6) is 0 Å². The van der Waals surface area contributed by atoms with E-state index in [-0.39, 0.29) is 36.9 Å². The lowest BCUT2D eigenvalue weighted by Crippen LogP contribution is -2.33. The summed E-state index contributed by atoms with van der Waals surface area (Å²) in [7, 11) is 0. The molecular weight excluding hydrogens is 522 g/mol. The van der Waals surface area contributed by atoms with E-state index in [4.69, 9.17) is 9.84 Å². The number of thioether (sulfide) groups is 1. The lowest BCUT2D eigenvalue weighted by Gasteiger charge is -2.19. The zero-order valence-electron chi connectivity index (χ0n) is 20.5. The summed E-state index contributed by atoms with van der Waals surface area (Å²) in [6.07, 6.45) is 0.0206. The molecule has 5 rings (SSSR count). The third-order valence-electron chi connectivity index (χ3n) is 6.94. The predicted molar refractivity (Wildman–Crippen MR) is 135 cm³/mol. The number of halogens is 2. The highest BCUT2D eigenvalue weighted by Gasteiger charge is 2.47. The summed E-state index contributed by atoms with van der Waals surface area (Å²) in [5, 5.41) is 35.1. The van der Waals surface area contributed by atoms with Crippen molar-refractivity contribution in [3.63, 3.8) is 0 Å². The van der Waals surface area contributed by atoms with Crippen LogP contribution in [0, 0.1) is 16.5 Å². The fourth-order valence-corrected chi connectivity index (χ4v) is 5.65. The smallest absolute Gasteiger partial charge is 0.191 e. The summed E-state index contributed by atoms with van der Waals surface area (Å²) in [6.45, 7) is 1.82. The molecule has 0 unspecified atom stereocenters. The molecule has 2 aromatic heterocycles. The number of rotatable bonds is 11. The summed E-state index contributed by atoms with van der Waals surface area (Å²) in [6, 6.07) is 2.61. The fourth-order valence-electron chi connectivity index (χ4n) is 4.97. The third kappa shape index (κ3) is 4.98. The quantitative estimate of drug-likeness (QED) is 0.141. The van der Waals surface area contributed by atoms with Crippen molar-refractivity contribution in [2.24, 2.45) is 5.29 Å². The van der Waals surface area contributed by atoms with Gasteiger partial charge in [0.1, 0.15) is 12.2 Å². The number of aromatic nitrogens is 4. The summed E-state index contributed by atoms with van der Waals surface area (Å²) in [5.41, 5.74) is 1.19. The Morgan fingerprint density at radius 1 is 1.21 bits per heavy atom. The zero-order chi connectivity index (χ0) is 27.0. The van der Waals surface area contributed by atoms with Gasteiger partial charge in [-0.15, -0.1) is 4.91 Å². The van der Waals surface area contributed by atoms with Crippen molar-refractivity contribution in [3.05, 3.63) is 46.6 Å². The highest BCUT2D eigenvalue weighted by molar-refractivity contribution is 7.99. The molecular formula is C24H28F2N6O5S. The molecule has 14 heteroatoms. The van der Waals surface area contributed by atoms with Crippen LogP contribution in [-0.4, -0.2) is 78.2 Å². The van der Waals surface area contributed by atoms with Crippen LogP contribution in [0.25, 0.3) is 11.2 Å². The molecule has 0 saturated heterocycles. The van der Waals surface area contributed by atoms with Gasteiger partial charge in [0, 0.05) is 11.7 Å². The molecule has 2 fully saturated rings. The molecule has 3 aromatic rings. The first-order valence-corrected chi connectivity index (χ1v) is 13.4. The number of fused-ring (bicyclic) bond motifs is 1. The highest BCUT2D eigenvalue weighted by Crippen LogP contribution is 2.47. The van der Waals surface area contributed by atoms with Gasteiger partial charge in [0.2, 0.25) is 0 Å². The van der Waals surface area contributed by atoms with Crippen molar-refractivity contribution in [1.29, 1.82) is 0 Å². The lowest BCUT2D eigenvalue weighted by molar-refractivity contribution is -0.0627. The second-order valence-electron chi connectivity index (χ2n) is 9.43. The number of aliphatic hydroxyl groups is 3. The van der Waals surface area contributed by atoms with E-state index in [1.165, 1.54) is 29.2 Å². The number of aliphatic hydroxyl groups excluding tert-OH is 3. The van der Waals surface area contributed by atoms with Gasteiger partial charge in [0.05, 0.1) is 43.0 Å². The van der Waals surface area contributed by atoms with Crippen molar-refractivity contribution >= 4 is 28.7 Å². The summed E-state index contributed by atoms with van der Waals surface area (Å²) in [4.78, 5) is 25.7. The van der Waals surface area contributed by atoms with Gasteiger partial charge in [0.25, 0.3) is 0 Å². The van der Waals surface area contributed by atoms with Gasteiger partial charge in [-0.05, 0) is 37.0 Å². The molecule has 0 amide bonds. The van der Waals surface area contributed by atoms with Crippen molar-refractivity contribution in [3.8, 4) is 0 Å². The Bertz CT molecular complexity index is 1310. The summed E-state index contributed by atoms with van der Waals surface area (Å²) < 4.78 is 34.4. The molecule has 0 spiro atoms. The Hall–Kier alpha value is -2.78. The monoisotopic (exact) mass is 550 g/mol. The van der Waals surface area contributed by atoms with Gasteiger partial charge in [-0.2, -0.15) is 0 Å². The maximum absolute atomic E-state index is 13.8. The molecule has 0 radical (unpaired) electrons. The molecule has 0 aliphatic heterocycles. The van der Waals surface area contributed by atoms with E-state index in [1.54, 1.807) is 4.57 Å². The third-order valence-corrected chi connectivity index (χ3v) is 8.00. The fraction of sp³-hybridized carbons (Fsp3) is 0.542. The Balaban J connectivity index is 1.50. The van der Waals surface area contributed by atoms with Crippen molar-refractivity contribution in [2.75, 3.05) is 24.0 Å². The van der Waals surface area contributed by atoms with E-state index in [1.807, 2.05) is 6.92 Å². The molecule has 204 valence electrons. The van der Waals surface area contributed by atoms with E-state index in [2.05, 4.69) is 20.2 Å². The van der Waals surface area contributed by atoms with Crippen LogP contribution in [0.3, 0.4) is 0 Å². The number of imidazole rings is 1. The number of ether oxygens (including phenoxy) is 1. The molecule has 2 aliphatic carbocycles. The Kier molecular flexibility index (Phi) is 7.86. The molecule has 2 aliphatic rings. The van der Waals surface area contributed by atoms with E-state index in [0.29, 0.717) is 22.8 Å². The van der Waals surface area contributed by atoms with Crippen LogP contribution in [0.15, 0.2) is 35.0 Å². The van der Waals surface area contributed by atoms with Gasteiger partial charge in [-0.1, -0.05) is 24.8 Å². The summed E-state index contributed by atoms with van der Waals surface area (Å²) >= 11 is 1.39. The van der Waals surface area contributed by atoms with Gasteiger partial charge in [-0.3, -0.25) is 0 Å². The average Bonchev–Trinajstić information content (AvgIpc) is 3.50. The molecule has 38 heavy (non-hydrogen) atoms. The van der Waals surface area contributed by atoms with Crippen LogP contribution in [0.1, 0.15) is 43.7 Å². The number of benzene rings is 1. The Labute approximate surface area is 220 Å². The van der Waals surface area contributed by atoms with Crippen molar-refractivity contribution < 1.29 is 28.8 Å². The first-order chi connectivity index (χ1) is 18.4. The van der Waals surface area contributed by atoms with Crippen LogP contribution in [0.4, 0.5) is 14.6 Å². The molecule has 3 N–H and O–H groups in total. The molecule has 2 heterocycles. The number of nitroso groups, excluding NO2 is 1. The second-order valence-corrected chi connectivity index (χ2v) is 10.5. The van der Waals surface area contributed by atoms with Gasteiger partial charge in [0.15, 0.2) is 33.8 Å². The minimum atomic E-state index is -1.18. The minimum Gasteiger partial charge on any atom is -0.394 e. The first-order valence-electron chi connectivity index (χ1n) is 12.4. The minimum absolute atomic E-state index is 0.0242. The molecule has 2 saturated carbocycles. The molecule has 0 bridgehead atoms. The Morgan fingerprint density at radius 2 is 2.03 bits per heavy atom. The highest BCUT2D eigenvalue weighted by atomic mass is 32.2. The van der Waals surface area contributed by atoms with E-state index >= 15 is 0 Å². The molecule has 6 atom stereocenters. The van der Waals surface area contributed by atoms with Crippen LogP contribution in [0.2, 0.25) is 0 Å². The largest absolute Gasteiger partial charge is 0.394 e. The van der Waals surface area contributed by atoms with Gasteiger partial charge >= 0.3 is 0 Å². The van der Waals surface area contributed by atoms with Crippen LogP contribution < -0.4 is 5.01 Å². The van der Waals surface area contributed by atoms with Gasteiger partial charge in [-0.25, -0.2) is 28.7 Å². The van der Waals surface area contributed by atoms with E-state index in [0.717, 1.165) is 24.3 Å². The first kappa shape index (κ1) is 26.8. The van der Waals surface area contributed by atoms with Gasteiger partial charge < -0.3 is 24.6 Å². The summed E-state index contributed by atoms with van der Waals surface area (Å²) in [5.74, 6) is -1.26. The number of hydrogen-bond donors (Lipinski definition) is 3. The van der Waals surface area contributed by atoms with E-state index < -0.39 is 42.0 Å². The normalized spacial score (nSPS) is 26.7. The lowest BCUT2D eigenvalue weighted by atomic mass is 10.1. The number of nitrogens with zero attached hydrogens (tertiary/aromatic N) is 6. The average molecular weight is 551 g/mol. The van der Waals surface area contributed by atoms with Crippen molar-refractivity contribution in [2.45, 2.75) is 67.7 Å². The molecule has 1 aromatic carbocycles. The molecule has 11 nitrogen and oxygen atoms in total. The van der Waals surface area contributed by atoms with E-state index in [9.17, 15) is 23.9 Å². The number of hydrogen-bond acceptors (Lipinski definition) is 10. The maximum Gasteiger partial charge on any atom is 0.191 e. The topological polar surface area (TPSA) is 146 Å². The predicted octanol–water partition coefficient (Wildman–Crippen LogP) is 2.69. The van der Waals surface area contributed by atoms with Crippen LogP contribution >= 0.6 is 11.8 Å². The second kappa shape index (κ2) is 11.1. The Morgan fingerprint density at radius 3 is 2.74 bits per heavy atom. The SMILES string of the molecule is CCCSc1nc(N(N=O)[C@@H]2C[C@H]2c2ccc(F)c(F)c2)c2ncn([C@@H]3C[C@H](OCCO)[C@@H](O)[C@H]3O)c2n1. The standard InChI is InChI=1S/C24H28F2N6O5S/c1-2-7-38-24-28-22-19(27-11-31(22)17-10-18(37-6-5-33)21(35)20(17)34)23(29-24)32(30-36)16-9-13(16)12-3-4-14(25)15(26)8-12/h3-4,8,11,13,16-18,20-21,33-35H,2,5-7,9-10H2,1H3/t13-,16+,17+,18-,20-,21+/m0/s1. The van der Waals surface area contributed by atoms with Crippen LogP contribution in [-0.2, 0) is 4.74 Å². The zero-order valence-corrected chi connectivity index (χ0v) is 21.3. The number of anilines is 1.